The Labute approximate surface area is 133 Å². The van der Waals surface area contributed by atoms with E-state index in [-0.39, 0.29) is 0 Å². The molecule has 0 N–H and O–H groups in total. The molecule has 0 fully saturated rings. The van der Waals surface area contributed by atoms with Crippen LogP contribution in [0.2, 0.25) is 0 Å². The van der Waals surface area contributed by atoms with Crippen LogP contribution >= 0.6 is 15.9 Å². The number of hydrogen-bond donors (Lipinski definition) is 0. The lowest BCUT2D eigenvalue weighted by molar-refractivity contribution is 0.215. The van der Waals surface area contributed by atoms with Crippen LogP contribution in [-0.4, -0.2) is 13.2 Å². The Morgan fingerprint density at radius 2 is 1.57 bits per heavy atom. The van der Waals surface area contributed by atoms with Crippen molar-refractivity contribution in [2.75, 3.05) is 13.2 Å². The van der Waals surface area contributed by atoms with E-state index < -0.39 is 0 Å². The molecule has 2 rings (SSSR count). The van der Waals surface area contributed by atoms with Crippen LogP contribution in [-0.2, 0) is 0 Å². The van der Waals surface area contributed by atoms with Crippen molar-refractivity contribution in [1.82, 2.24) is 0 Å². The van der Waals surface area contributed by atoms with Crippen molar-refractivity contribution in [2.24, 2.45) is 0 Å². The van der Waals surface area contributed by atoms with Crippen molar-refractivity contribution in [2.45, 2.75) is 13.8 Å². The van der Waals surface area contributed by atoms with Gasteiger partial charge in [-0.2, -0.15) is 5.26 Å². The number of benzene rings is 2. The summed E-state index contributed by atoms with van der Waals surface area (Å²) in [5.74, 6) is 1.64. The van der Waals surface area contributed by atoms with Crippen LogP contribution in [0.3, 0.4) is 0 Å². The van der Waals surface area contributed by atoms with Crippen molar-refractivity contribution in [3.63, 3.8) is 0 Å². The van der Waals surface area contributed by atoms with Crippen molar-refractivity contribution in [3.8, 4) is 17.6 Å². The van der Waals surface area contributed by atoms with E-state index in [1.165, 1.54) is 0 Å². The summed E-state index contributed by atoms with van der Waals surface area (Å²) in [7, 11) is 0. The molecule has 0 unspecified atom stereocenters. The van der Waals surface area contributed by atoms with Crippen molar-refractivity contribution in [1.29, 1.82) is 5.26 Å². The monoisotopic (exact) mass is 345 g/mol. The smallest absolute Gasteiger partial charge is 0.125 e. The standard InChI is InChI=1S/C17H16BrNO2/c1-12-9-14(11-19)10-13(2)17(12)21-8-7-20-16-5-3-15(18)4-6-16/h3-6,9-10H,7-8H2,1-2H3. The highest BCUT2D eigenvalue weighted by Crippen LogP contribution is 2.24. The third kappa shape index (κ3) is 4.24. The van der Waals surface area contributed by atoms with E-state index in [0.717, 1.165) is 27.1 Å². The van der Waals surface area contributed by atoms with Gasteiger partial charge in [-0.05, 0) is 61.4 Å². The molecule has 0 saturated carbocycles. The SMILES string of the molecule is Cc1cc(C#N)cc(C)c1OCCOc1ccc(Br)cc1. The summed E-state index contributed by atoms with van der Waals surface area (Å²) in [5, 5.41) is 8.92. The van der Waals surface area contributed by atoms with Gasteiger partial charge in [0.05, 0.1) is 11.6 Å². The number of halogens is 1. The maximum Gasteiger partial charge on any atom is 0.125 e. The fourth-order valence-electron chi connectivity index (χ4n) is 2.08. The summed E-state index contributed by atoms with van der Waals surface area (Å²) in [6, 6.07) is 13.5. The predicted molar refractivity (Wildman–Crippen MR) is 85.8 cm³/mol. The molecule has 0 heterocycles. The Morgan fingerprint density at radius 3 is 2.14 bits per heavy atom. The van der Waals surface area contributed by atoms with E-state index in [0.29, 0.717) is 18.8 Å². The minimum Gasteiger partial charge on any atom is -0.490 e. The van der Waals surface area contributed by atoms with Crippen molar-refractivity contribution < 1.29 is 9.47 Å². The van der Waals surface area contributed by atoms with Gasteiger partial charge in [-0.15, -0.1) is 0 Å². The third-order valence-corrected chi connectivity index (χ3v) is 3.53. The van der Waals surface area contributed by atoms with E-state index in [4.69, 9.17) is 14.7 Å². The Balaban J connectivity index is 1.89. The van der Waals surface area contributed by atoms with Crippen LogP contribution < -0.4 is 9.47 Å². The van der Waals surface area contributed by atoms with Gasteiger partial charge in [0.25, 0.3) is 0 Å². The number of nitrogens with zero attached hydrogens (tertiary/aromatic N) is 1. The fourth-order valence-corrected chi connectivity index (χ4v) is 2.34. The minimum absolute atomic E-state index is 0.462. The topological polar surface area (TPSA) is 42.2 Å². The van der Waals surface area contributed by atoms with E-state index in [2.05, 4.69) is 22.0 Å². The quantitative estimate of drug-likeness (QED) is 0.754. The van der Waals surface area contributed by atoms with Gasteiger partial charge < -0.3 is 9.47 Å². The first kappa shape index (κ1) is 15.4. The normalized spacial score (nSPS) is 10.0. The summed E-state index contributed by atoms with van der Waals surface area (Å²) in [6.45, 7) is 4.82. The van der Waals surface area contributed by atoms with Gasteiger partial charge in [0.15, 0.2) is 0 Å². The number of hydrogen-bond acceptors (Lipinski definition) is 3. The Morgan fingerprint density at radius 1 is 1.00 bits per heavy atom. The molecule has 0 bridgehead atoms. The molecule has 0 amide bonds. The molecule has 0 radical (unpaired) electrons. The molecule has 2 aromatic rings. The van der Waals surface area contributed by atoms with Gasteiger partial charge in [-0.3, -0.25) is 0 Å². The molecule has 2 aromatic carbocycles. The Bertz CT molecular complexity index is 636. The minimum atomic E-state index is 0.462. The zero-order chi connectivity index (χ0) is 15.2. The zero-order valence-corrected chi connectivity index (χ0v) is 13.6. The lowest BCUT2D eigenvalue weighted by Gasteiger charge is -2.13. The molecule has 0 aromatic heterocycles. The average molecular weight is 346 g/mol. The fraction of sp³-hybridized carbons (Fsp3) is 0.235. The maximum absolute atomic E-state index is 8.92. The molecule has 0 aliphatic heterocycles. The Hall–Kier alpha value is -1.99. The van der Waals surface area contributed by atoms with Crippen LogP contribution in [0.1, 0.15) is 16.7 Å². The average Bonchev–Trinajstić information content (AvgIpc) is 2.47. The highest BCUT2D eigenvalue weighted by atomic mass is 79.9. The molecule has 0 saturated heterocycles. The second-order valence-electron chi connectivity index (χ2n) is 4.70. The first-order valence-corrected chi connectivity index (χ1v) is 7.42. The zero-order valence-electron chi connectivity index (χ0n) is 12.0. The molecule has 0 aliphatic carbocycles. The largest absolute Gasteiger partial charge is 0.490 e. The van der Waals surface area contributed by atoms with Crippen molar-refractivity contribution >= 4 is 15.9 Å². The van der Waals surface area contributed by atoms with Gasteiger partial charge in [0, 0.05) is 4.47 Å². The molecular formula is C17H16BrNO2. The van der Waals surface area contributed by atoms with E-state index in [1.54, 1.807) is 0 Å². The number of rotatable bonds is 5. The second kappa shape index (κ2) is 7.14. The summed E-state index contributed by atoms with van der Waals surface area (Å²) in [6.07, 6.45) is 0. The molecule has 0 atom stereocenters. The van der Waals surface area contributed by atoms with E-state index in [9.17, 15) is 0 Å². The van der Waals surface area contributed by atoms with Gasteiger partial charge in [0.2, 0.25) is 0 Å². The molecule has 0 aliphatic rings. The first-order chi connectivity index (χ1) is 10.1. The molecule has 3 nitrogen and oxygen atoms in total. The van der Waals surface area contributed by atoms with Crippen LogP contribution in [0.5, 0.6) is 11.5 Å². The summed E-state index contributed by atoms with van der Waals surface area (Å²) in [5.41, 5.74) is 2.59. The number of nitriles is 1. The van der Waals surface area contributed by atoms with Gasteiger partial charge in [0.1, 0.15) is 24.7 Å². The van der Waals surface area contributed by atoms with Crippen LogP contribution in [0, 0.1) is 25.2 Å². The summed E-state index contributed by atoms with van der Waals surface area (Å²) < 4.78 is 12.4. The molecule has 108 valence electrons. The second-order valence-corrected chi connectivity index (χ2v) is 5.62. The molecule has 0 spiro atoms. The van der Waals surface area contributed by atoms with Crippen LogP contribution in [0.4, 0.5) is 0 Å². The van der Waals surface area contributed by atoms with E-state index in [1.807, 2.05) is 50.2 Å². The highest BCUT2D eigenvalue weighted by molar-refractivity contribution is 9.10. The summed E-state index contributed by atoms with van der Waals surface area (Å²) >= 11 is 3.38. The van der Waals surface area contributed by atoms with Crippen LogP contribution in [0.15, 0.2) is 40.9 Å². The van der Waals surface area contributed by atoms with Crippen molar-refractivity contribution in [3.05, 3.63) is 57.6 Å². The number of aryl methyl sites for hydroxylation is 2. The van der Waals surface area contributed by atoms with E-state index >= 15 is 0 Å². The van der Waals surface area contributed by atoms with Gasteiger partial charge in [-0.1, -0.05) is 15.9 Å². The molecule has 21 heavy (non-hydrogen) atoms. The lowest BCUT2D eigenvalue weighted by atomic mass is 10.1. The molecule has 4 heteroatoms. The van der Waals surface area contributed by atoms with Gasteiger partial charge >= 0.3 is 0 Å². The predicted octanol–water partition coefficient (Wildman–Crippen LogP) is 4.40. The first-order valence-electron chi connectivity index (χ1n) is 6.62. The maximum atomic E-state index is 8.92. The lowest BCUT2D eigenvalue weighted by Crippen LogP contribution is -2.10. The number of ether oxygens (including phenoxy) is 2. The van der Waals surface area contributed by atoms with Crippen LogP contribution in [0.25, 0.3) is 0 Å². The Kier molecular flexibility index (Phi) is 5.24. The highest BCUT2D eigenvalue weighted by Gasteiger charge is 2.06. The summed E-state index contributed by atoms with van der Waals surface area (Å²) in [4.78, 5) is 0. The third-order valence-electron chi connectivity index (χ3n) is 3.00. The van der Waals surface area contributed by atoms with Gasteiger partial charge in [-0.25, -0.2) is 0 Å². The molecular weight excluding hydrogens is 330 g/mol.